The van der Waals surface area contributed by atoms with Crippen molar-refractivity contribution in [2.45, 2.75) is 98.0 Å². The van der Waals surface area contributed by atoms with Crippen LogP contribution in [0, 0.1) is 11.8 Å². The molecule has 2 aromatic carbocycles. The third-order valence-electron chi connectivity index (χ3n) is 8.89. The maximum absolute atomic E-state index is 13.4. The summed E-state index contributed by atoms with van der Waals surface area (Å²) < 4.78 is 5.40. The molecule has 0 bridgehead atoms. The van der Waals surface area contributed by atoms with Crippen LogP contribution in [0.2, 0.25) is 0 Å². The molecule has 1 saturated heterocycles. The van der Waals surface area contributed by atoms with Gasteiger partial charge in [0.15, 0.2) is 0 Å². The van der Waals surface area contributed by atoms with E-state index in [0.29, 0.717) is 19.4 Å². The Hall–Kier alpha value is -4.02. The quantitative estimate of drug-likeness (QED) is 0.222. The van der Waals surface area contributed by atoms with Crippen molar-refractivity contribution in [3.63, 3.8) is 0 Å². The Bertz CT molecular complexity index is 1470. The molecule has 10 nitrogen and oxygen atoms in total. The van der Waals surface area contributed by atoms with Gasteiger partial charge in [0.1, 0.15) is 18.1 Å². The first kappa shape index (κ1) is 37.4. The normalized spacial score (nSPS) is 18.3. The van der Waals surface area contributed by atoms with Crippen LogP contribution in [0.25, 0.3) is 16.8 Å². The number of methoxy groups -OCH3 is 1. The second-order valence-corrected chi connectivity index (χ2v) is 12.7. The third-order valence-corrected chi connectivity index (χ3v) is 8.89. The number of nitrogens with one attached hydrogen (secondary N) is 4. The second kappa shape index (κ2) is 17.2. The van der Waals surface area contributed by atoms with Crippen LogP contribution in [-0.4, -0.2) is 66.5 Å². The van der Waals surface area contributed by atoms with E-state index in [2.05, 4.69) is 59.1 Å². The fraction of sp³-hybridized carbons (Fsp3) is 0.514. The second-order valence-electron chi connectivity index (χ2n) is 12.7. The molecule has 256 valence electrons. The van der Waals surface area contributed by atoms with E-state index in [1.165, 1.54) is 17.7 Å². The number of ether oxygens (including phenoxy) is 1. The fourth-order valence-corrected chi connectivity index (χ4v) is 5.88. The van der Waals surface area contributed by atoms with Crippen molar-refractivity contribution in [3.8, 4) is 0 Å². The number of benzene rings is 2. The minimum atomic E-state index is -0.882. The average molecular weight is 648 g/mol. The topological polar surface area (TPSA) is 129 Å². The zero-order chi connectivity index (χ0) is 34.8. The van der Waals surface area contributed by atoms with Crippen LogP contribution >= 0.6 is 0 Å². The highest BCUT2D eigenvalue weighted by atomic mass is 16.5. The van der Waals surface area contributed by atoms with Gasteiger partial charge in [0.05, 0.1) is 18.1 Å². The lowest BCUT2D eigenvalue weighted by Crippen LogP contribution is -2.62. The molecule has 47 heavy (non-hydrogen) atoms. The summed E-state index contributed by atoms with van der Waals surface area (Å²) in [5.41, 5.74) is 6.40. The Morgan fingerprint density at radius 1 is 1.02 bits per heavy atom. The predicted octanol–water partition coefficient (Wildman–Crippen LogP) is 4.59. The zero-order valence-electron chi connectivity index (χ0n) is 29.2. The van der Waals surface area contributed by atoms with Gasteiger partial charge in [-0.25, -0.2) is 5.43 Å². The SMILES string of the molecule is C=Cc1cc2cc(C(C)NC(=O)C3CCCN(C(=O)C(C)NC(=O)C(NC(=O)C(C)C(C=CC)OC)C(C)C)N3)ccc2cc1CC. The summed E-state index contributed by atoms with van der Waals surface area (Å²) in [4.78, 5) is 52.9. The van der Waals surface area contributed by atoms with E-state index in [-0.39, 0.29) is 29.7 Å². The lowest BCUT2D eigenvalue weighted by atomic mass is 9.96. The van der Waals surface area contributed by atoms with Gasteiger partial charge in [-0.2, -0.15) is 0 Å². The standard InChI is InChI=1S/C37H53N5O5/c1-10-14-32(47-9)23(6)34(43)40-33(22(4)5)36(45)39-25(8)37(46)42-18-13-15-31(41-42)35(44)38-24(7)28-16-17-29-19-26(11-2)27(12-3)20-30(29)21-28/h10,12,14,16-17,19-25,31-33,41H,3,11,13,15,18H2,1-2,4-9H3,(H,38,44)(H,39,45)(H,40,43). The number of carbonyl (C=O) groups excluding carboxylic acids is 4. The van der Waals surface area contributed by atoms with E-state index < -0.39 is 36.1 Å². The average Bonchev–Trinajstić information content (AvgIpc) is 3.07. The van der Waals surface area contributed by atoms with Crippen LogP contribution in [0.3, 0.4) is 0 Å². The Balaban J connectivity index is 1.61. The number of amides is 4. The van der Waals surface area contributed by atoms with E-state index in [1.54, 1.807) is 19.9 Å². The van der Waals surface area contributed by atoms with Crippen LogP contribution in [0.15, 0.2) is 49.1 Å². The number of hydrazine groups is 1. The number of fused-ring (bicyclic) bond motifs is 1. The summed E-state index contributed by atoms with van der Waals surface area (Å²) >= 11 is 0. The van der Waals surface area contributed by atoms with Crippen molar-refractivity contribution in [2.75, 3.05) is 13.7 Å². The van der Waals surface area contributed by atoms with Crippen molar-refractivity contribution < 1.29 is 23.9 Å². The van der Waals surface area contributed by atoms with Crippen LogP contribution in [0.4, 0.5) is 0 Å². The van der Waals surface area contributed by atoms with Gasteiger partial charge < -0.3 is 20.7 Å². The van der Waals surface area contributed by atoms with Gasteiger partial charge in [0.2, 0.25) is 17.7 Å². The largest absolute Gasteiger partial charge is 0.377 e. The van der Waals surface area contributed by atoms with Gasteiger partial charge in [0, 0.05) is 13.7 Å². The molecule has 0 radical (unpaired) electrons. The molecule has 10 heteroatoms. The Morgan fingerprint density at radius 2 is 1.74 bits per heavy atom. The Labute approximate surface area is 279 Å². The van der Waals surface area contributed by atoms with E-state index in [0.717, 1.165) is 28.3 Å². The highest BCUT2D eigenvalue weighted by molar-refractivity contribution is 5.93. The number of nitrogens with zero attached hydrogens (tertiary/aromatic N) is 1. The van der Waals surface area contributed by atoms with Crippen molar-refractivity contribution in [1.82, 2.24) is 26.4 Å². The van der Waals surface area contributed by atoms with Crippen LogP contribution in [0.5, 0.6) is 0 Å². The summed E-state index contributed by atoms with van der Waals surface area (Å²) in [6.07, 6.45) is 7.16. The van der Waals surface area contributed by atoms with Gasteiger partial charge >= 0.3 is 0 Å². The molecule has 0 spiro atoms. The molecule has 1 fully saturated rings. The summed E-state index contributed by atoms with van der Waals surface area (Å²) in [5, 5.41) is 12.3. The lowest BCUT2D eigenvalue weighted by molar-refractivity contribution is -0.143. The monoisotopic (exact) mass is 647 g/mol. The summed E-state index contributed by atoms with van der Waals surface area (Å²) in [5.74, 6) is -2.09. The molecule has 0 aliphatic carbocycles. The Morgan fingerprint density at radius 3 is 2.36 bits per heavy atom. The molecule has 0 aromatic heterocycles. The molecule has 3 rings (SSSR count). The highest BCUT2D eigenvalue weighted by Crippen LogP contribution is 2.25. The predicted molar refractivity (Wildman–Crippen MR) is 187 cm³/mol. The first-order chi connectivity index (χ1) is 22.3. The van der Waals surface area contributed by atoms with Gasteiger partial charge in [-0.3, -0.25) is 24.2 Å². The van der Waals surface area contributed by atoms with E-state index in [1.807, 2.05) is 45.9 Å². The molecule has 0 saturated carbocycles. The maximum atomic E-state index is 13.4. The van der Waals surface area contributed by atoms with Crippen molar-refractivity contribution in [1.29, 1.82) is 0 Å². The highest BCUT2D eigenvalue weighted by Gasteiger charge is 2.34. The molecule has 1 heterocycles. The molecule has 1 aliphatic heterocycles. The summed E-state index contributed by atoms with van der Waals surface area (Å²) in [7, 11) is 1.53. The van der Waals surface area contributed by atoms with Crippen LogP contribution < -0.4 is 21.4 Å². The number of rotatable bonds is 14. The van der Waals surface area contributed by atoms with Gasteiger partial charge in [-0.05, 0) is 85.5 Å². The van der Waals surface area contributed by atoms with Crippen molar-refractivity contribution in [2.24, 2.45) is 11.8 Å². The molecule has 2 aromatic rings. The first-order valence-electron chi connectivity index (χ1n) is 16.7. The lowest BCUT2D eigenvalue weighted by Gasteiger charge is -2.35. The number of allylic oxidation sites excluding steroid dienone is 1. The minimum Gasteiger partial charge on any atom is -0.377 e. The van der Waals surface area contributed by atoms with E-state index >= 15 is 0 Å². The zero-order valence-corrected chi connectivity index (χ0v) is 29.2. The Kier molecular flexibility index (Phi) is 13.7. The number of hydrogen-bond acceptors (Lipinski definition) is 6. The summed E-state index contributed by atoms with van der Waals surface area (Å²) in [6, 6.07) is 7.93. The molecule has 6 unspecified atom stereocenters. The molecule has 6 atom stereocenters. The molecule has 1 aliphatic rings. The number of hydrogen-bond donors (Lipinski definition) is 4. The van der Waals surface area contributed by atoms with Gasteiger partial charge in [0.25, 0.3) is 5.91 Å². The van der Waals surface area contributed by atoms with Crippen molar-refractivity contribution in [3.05, 3.63) is 65.8 Å². The maximum Gasteiger partial charge on any atom is 0.258 e. The van der Waals surface area contributed by atoms with E-state index in [9.17, 15) is 19.2 Å². The van der Waals surface area contributed by atoms with Crippen LogP contribution in [0.1, 0.15) is 84.0 Å². The summed E-state index contributed by atoms with van der Waals surface area (Å²) in [6.45, 7) is 17.3. The number of carbonyl (C=O) groups is 4. The van der Waals surface area contributed by atoms with Gasteiger partial charge in [-0.1, -0.05) is 70.7 Å². The fourth-order valence-electron chi connectivity index (χ4n) is 5.88. The number of aryl methyl sites for hydroxylation is 1. The van der Waals surface area contributed by atoms with Crippen molar-refractivity contribution >= 4 is 40.5 Å². The van der Waals surface area contributed by atoms with Crippen LogP contribution in [-0.2, 0) is 30.3 Å². The first-order valence-corrected chi connectivity index (χ1v) is 16.7. The molecule has 4 amide bonds. The molecule has 4 N–H and O–H groups in total. The minimum absolute atomic E-state index is 0.205. The third kappa shape index (κ3) is 9.51. The molecular formula is C37H53N5O5. The smallest absolute Gasteiger partial charge is 0.258 e. The van der Waals surface area contributed by atoms with E-state index in [4.69, 9.17) is 4.74 Å². The molecular weight excluding hydrogens is 594 g/mol. The van der Waals surface area contributed by atoms with Gasteiger partial charge in [-0.15, -0.1) is 0 Å².